The molecule has 1 saturated carbocycles. The minimum absolute atomic E-state index is 0.172. The van der Waals surface area contributed by atoms with Crippen molar-refractivity contribution in [3.63, 3.8) is 0 Å². The number of aliphatic hydroxyl groups excluding tert-OH is 1. The number of hydrogen-bond donors (Lipinski definition) is 3. The molecule has 0 bridgehead atoms. The molecule has 3 N–H and O–H groups in total. The summed E-state index contributed by atoms with van der Waals surface area (Å²) in [5, 5.41) is 15.3. The Kier molecular flexibility index (Phi) is 4.80. The molecule has 0 saturated heterocycles. The van der Waals surface area contributed by atoms with E-state index in [0.29, 0.717) is 12.5 Å². The van der Waals surface area contributed by atoms with Crippen LogP contribution in [-0.2, 0) is 0 Å². The Labute approximate surface area is 114 Å². The van der Waals surface area contributed by atoms with Gasteiger partial charge in [0.05, 0.1) is 6.10 Å². The third-order valence-electron chi connectivity index (χ3n) is 3.70. The molecule has 0 heterocycles. The van der Waals surface area contributed by atoms with Crippen molar-refractivity contribution < 1.29 is 9.90 Å². The number of aryl methyl sites for hydroxylation is 1. The van der Waals surface area contributed by atoms with Crippen LogP contribution in [0.4, 0.5) is 10.5 Å². The molecule has 1 aromatic rings. The highest BCUT2D eigenvalue weighted by molar-refractivity contribution is 5.89. The largest absolute Gasteiger partial charge is 0.393 e. The van der Waals surface area contributed by atoms with E-state index in [0.717, 1.165) is 36.9 Å². The van der Waals surface area contributed by atoms with Crippen LogP contribution in [0.1, 0.15) is 31.2 Å². The van der Waals surface area contributed by atoms with E-state index in [9.17, 15) is 9.90 Å². The maximum Gasteiger partial charge on any atom is 0.319 e. The fourth-order valence-corrected chi connectivity index (χ4v) is 2.56. The zero-order valence-corrected chi connectivity index (χ0v) is 11.4. The third kappa shape index (κ3) is 4.24. The van der Waals surface area contributed by atoms with Gasteiger partial charge in [-0.05, 0) is 43.7 Å². The number of aliphatic hydroxyl groups is 1. The van der Waals surface area contributed by atoms with Gasteiger partial charge in [-0.3, -0.25) is 0 Å². The van der Waals surface area contributed by atoms with E-state index in [-0.39, 0.29) is 12.1 Å². The van der Waals surface area contributed by atoms with Gasteiger partial charge in [-0.25, -0.2) is 4.79 Å². The van der Waals surface area contributed by atoms with E-state index < -0.39 is 0 Å². The van der Waals surface area contributed by atoms with Crippen LogP contribution in [0.15, 0.2) is 24.3 Å². The fraction of sp³-hybridized carbons (Fsp3) is 0.533. The van der Waals surface area contributed by atoms with E-state index in [2.05, 4.69) is 10.6 Å². The van der Waals surface area contributed by atoms with Crippen LogP contribution >= 0.6 is 0 Å². The summed E-state index contributed by atoms with van der Waals surface area (Å²) in [5.41, 5.74) is 1.88. The maximum absolute atomic E-state index is 11.8. The normalized spacial score (nSPS) is 22.8. The van der Waals surface area contributed by atoms with Gasteiger partial charge in [0.2, 0.25) is 0 Å². The van der Waals surface area contributed by atoms with E-state index >= 15 is 0 Å². The van der Waals surface area contributed by atoms with Gasteiger partial charge < -0.3 is 15.7 Å². The summed E-state index contributed by atoms with van der Waals surface area (Å²) in [4.78, 5) is 11.8. The van der Waals surface area contributed by atoms with Gasteiger partial charge >= 0.3 is 6.03 Å². The molecule has 2 rings (SSSR count). The lowest BCUT2D eigenvalue weighted by atomic mass is 9.87. The van der Waals surface area contributed by atoms with Gasteiger partial charge in [0.15, 0.2) is 0 Å². The van der Waals surface area contributed by atoms with Crippen molar-refractivity contribution in [2.24, 2.45) is 5.92 Å². The molecule has 2 amide bonds. The van der Waals surface area contributed by atoms with Gasteiger partial charge in [0.1, 0.15) is 0 Å². The lowest BCUT2D eigenvalue weighted by molar-refractivity contribution is 0.101. The van der Waals surface area contributed by atoms with Crippen molar-refractivity contribution in [1.82, 2.24) is 5.32 Å². The van der Waals surface area contributed by atoms with Crippen LogP contribution in [0.5, 0.6) is 0 Å². The number of benzene rings is 1. The summed E-state index contributed by atoms with van der Waals surface area (Å²) in [5.74, 6) is 0.395. The number of urea groups is 1. The van der Waals surface area contributed by atoms with Crippen LogP contribution < -0.4 is 10.6 Å². The maximum atomic E-state index is 11.8. The highest BCUT2D eigenvalue weighted by Gasteiger charge is 2.20. The van der Waals surface area contributed by atoms with Crippen molar-refractivity contribution in [1.29, 1.82) is 0 Å². The molecule has 0 spiro atoms. The Balaban J connectivity index is 1.77. The van der Waals surface area contributed by atoms with E-state index in [1.54, 1.807) is 0 Å². The van der Waals surface area contributed by atoms with E-state index in [4.69, 9.17) is 0 Å². The highest BCUT2D eigenvalue weighted by atomic mass is 16.3. The highest BCUT2D eigenvalue weighted by Crippen LogP contribution is 2.23. The standard InChI is InChI=1S/C15H22N2O2/c1-11-5-2-3-8-14(11)17-15(19)16-10-12-6-4-7-13(18)9-12/h2-3,5,8,12-13,18H,4,6-7,9-10H2,1H3,(H2,16,17,19). The molecule has 1 fully saturated rings. The van der Waals surface area contributed by atoms with Crippen molar-refractivity contribution in [3.8, 4) is 0 Å². The monoisotopic (exact) mass is 262 g/mol. The number of para-hydroxylation sites is 1. The van der Waals surface area contributed by atoms with Crippen LogP contribution in [0.25, 0.3) is 0 Å². The second-order valence-electron chi connectivity index (χ2n) is 5.34. The lowest BCUT2D eigenvalue weighted by Gasteiger charge is -2.25. The molecule has 1 aromatic carbocycles. The Morgan fingerprint density at radius 1 is 1.37 bits per heavy atom. The predicted molar refractivity (Wildman–Crippen MR) is 76.2 cm³/mol. The van der Waals surface area contributed by atoms with Gasteiger partial charge in [-0.2, -0.15) is 0 Å². The van der Waals surface area contributed by atoms with Gasteiger partial charge in [0, 0.05) is 12.2 Å². The first-order valence-corrected chi connectivity index (χ1v) is 6.93. The summed E-state index contributed by atoms with van der Waals surface area (Å²) < 4.78 is 0. The Morgan fingerprint density at radius 3 is 2.89 bits per heavy atom. The molecule has 0 radical (unpaired) electrons. The molecular weight excluding hydrogens is 240 g/mol. The zero-order valence-electron chi connectivity index (χ0n) is 11.4. The quantitative estimate of drug-likeness (QED) is 0.784. The lowest BCUT2D eigenvalue weighted by Crippen LogP contribution is -2.35. The first-order valence-electron chi connectivity index (χ1n) is 6.93. The van der Waals surface area contributed by atoms with Gasteiger partial charge in [0.25, 0.3) is 0 Å². The second-order valence-corrected chi connectivity index (χ2v) is 5.34. The molecule has 4 heteroatoms. The number of carbonyl (C=O) groups is 1. The predicted octanol–water partition coefficient (Wildman–Crippen LogP) is 2.67. The van der Waals surface area contributed by atoms with E-state index in [1.807, 2.05) is 31.2 Å². The van der Waals surface area contributed by atoms with Gasteiger partial charge in [-0.1, -0.05) is 24.6 Å². The molecule has 2 unspecified atom stereocenters. The van der Waals surface area contributed by atoms with Crippen LogP contribution in [0.2, 0.25) is 0 Å². The SMILES string of the molecule is Cc1ccccc1NC(=O)NCC1CCCC(O)C1. The number of rotatable bonds is 3. The molecular formula is C15H22N2O2. The summed E-state index contributed by atoms with van der Waals surface area (Å²) in [6.07, 6.45) is 3.63. The molecule has 0 aliphatic heterocycles. The molecule has 4 nitrogen and oxygen atoms in total. The Bertz CT molecular complexity index is 434. The van der Waals surface area contributed by atoms with Crippen molar-refractivity contribution in [3.05, 3.63) is 29.8 Å². The molecule has 1 aliphatic rings. The average molecular weight is 262 g/mol. The summed E-state index contributed by atoms with van der Waals surface area (Å²) in [7, 11) is 0. The molecule has 2 atom stereocenters. The Morgan fingerprint density at radius 2 is 2.16 bits per heavy atom. The smallest absolute Gasteiger partial charge is 0.319 e. The van der Waals surface area contributed by atoms with Crippen LogP contribution in [0, 0.1) is 12.8 Å². The van der Waals surface area contributed by atoms with E-state index in [1.165, 1.54) is 0 Å². The van der Waals surface area contributed by atoms with Gasteiger partial charge in [-0.15, -0.1) is 0 Å². The average Bonchev–Trinajstić information content (AvgIpc) is 2.39. The number of nitrogens with one attached hydrogen (secondary N) is 2. The van der Waals surface area contributed by atoms with Crippen molar-refractivity contribution in [2.45, 2.75) is 38.7 Å². The molecule has 1 aliphatic carbocycles. The van der Waals surface area contributed by atoms with Crippen molar-refractivity contribution >= 4 is 11.7 Å². The molecule has 104 valence electrons. The first-order chi connectivity index (χ1) is 9.15. The van der Waals surface area contributed by atoms with Crippen LogP contribution in [0.3, 0.4) is 0 Å². The molecule has 0 aromatic heterocycles. The second kappa shape index (κ2) is 6.57. The zero-order chi connectivity index (χ0) is 13.7. The fourth-order valence-electron chi connectivity index (χ4n) is 2.56. The minimum atomic E-state index is -0.194. The summed E-state index contributed by atoms with van der Waals surface area (Å²) >= 11 is 0. The number of amides is 2. The number of hydrogen-bond acceptors (Lipinski definition) is 2. The number of carbonyl (C=O) groups excluding carboxylic acids is 1. The summed E-state index contributed by atoms with van der Waals surface area (Å²) in [6.45, 7) is 2.60. The first kappa shape index (κ1) is 13.9. The summed E-state index contributed by atoms with van der Waals surface area (Å²) in [6, 6.07) is 7.53. The number of anilines is 1. The van der Waals surface area contributed by atoms with Crippen molar-refractivity contribution in [2.75, 3.05) is 11.9 Å². The Hall–Kier alpha value is -1.55. The van der Waals surface area contributed by atoms with Crippen LogP contribution in [-0.4, -0.2) is 23.8 Å². The molecule has 19 heavy (non-hydrogen) atoms. The topological polar surface area (TPSA) is 61.4 Å². The third-order valence-corrected chi connectivity index (χ3v) is 3.70. The minimum Gasteiger partial charge on any atom is -0.393 e.